The number of anilines is 1. The van der Waals surface area contributed by atoms with Crippen molar-refractivity contribution in [3.8, 4) is 0 Å². The fraction of sp³-hybridized carbons (Fsp3) is 0.467. The summed E-state index contributed by atoms with van der Waals surface area (Å²) in [5.41, 5.74) is 0.660. The van der Waals surface area contributed by atoms with Crippen LogP contribution >= 0.6 is 0 Å². The van der Waals surface area contributed by atoms with Crippen LogP contribution in [0.15, 0.2) is 30.3 Å². The molecule has 1 heterocycles. The summed E-state index contributed by atoms with van der Waals surface area (Å²) >= 11 is 0. The van der Waals surface area contributed by atoms with E-state index < -0.39 is 0 Å². The molecule has 1 N–H and O–H groups in total. The highest BCUT2D eigenvalue weighted by atomic mass is 16.2. The van der Waals surface area contributed by atoms with Crippen LogP contribution in [-0.2, 0) is 4.79 Å². The Bertz CT molecular complexity index is 486. The number of nitrogens with zero attached hydrogens (tertiary/aromatic N) is 1. The number of nitrogens with one attached hydrogen (secondary N) is 1. The Morgan fingerprint density at radius 1 is 1.00 bits per heavy atom. The van der Waals surface area contributed by atoms with E-state index in [0.717, 1.165) is 32.1 Å². The van der Waals surface area contributed by atoms with Crippen molar-refractivity contribution in [2.75, 3.05) is 4.90 Å². The zero-order chi connectivity index (χ0) is 13.2. The predicted octanol–water partition coefficient (Wildman–Crippen LogP) is 2.69. The van der Waals surface area contributed by atoms with Gasteiger partial charge in [0.15, 0.2) is 0 Å². The van der Waals surface area contributed by atoms with Crippen molar-refractivity contribution in [1.29, 1.82) is 0 Å². The number of amides is 3. The SMILES string of the molecule is O=C1NC2CCCCCC2C(=O)N1c1ccccc1. The van der Waals surface area contributed by atoms with Gasteiger partial charge in [0.25, 0.3) is 0 Å². The van der Waals surface area contributed by atoms with Crippen molar-refractivity contribution in [1.82, 2.24) is 5.32 Å². The summed E-state index contributed by atoms with van der Waals surface area (Å²) in [6.07, 6.45) is 5.13. The fourth-order valence-electron chi connectivity index (χ4n) is 3.09. The van der Waals surface area contributed by atoms with E-state index in [1.54, 1.807) is 12.1 Å². The van der Waals surface area contributed by atoms with E-state index in [9.17, 15) is 9.59 Å². The summed E-state index contributed by atoms with van der Waals surface area (Å²) in [5.74, 6) is -0.0951. The lowest BCUT2D eigenvalue weighted by atomic mass is 9.91. The predicted molar refractivity (Wildman–Crippen MR) is 72.8 cm³/mol. The first kappa shape index (κ1) is 12.2. The number of para-hydroxylation sites is 1. The van der Waals surface area contributed by atoms with Crippen molar-refractivity contribution in [2.24, 2.45) is 5.92 Å². The average molecular weight is 258 g/mol. The van der Waals surface area contributed by atoms with Gasteiger partial charge >= 0.3 is 6.03 Å². The molecule has 1 saturated heterocycles. The first-order chi connectivity index (χ1) is 9.27. The molecule has 0 spiro atoms. The third kappa shape index (κ3) is 2.23. The molecule has 0 radical (unpaired) electrons. The summed E-state index contributed by atoms with van der Waals surface area (Å²) in [7, 11) is 0. The van der Waals surface area contributed by atoms with Crippen LogP contribution in [0.2, 0.25) is 0 Å². The zero-order valence-electron chi connectivity index (χ0n) is 10.8. The zero-order valence-corrected chi connectivity index (χ0v) is 10.8. The lowest BCUT2D eigenvalue weighted by Crippen LogP contribution is -2.60. The second-order valence-electron chi connectivity index (χ2n) is 5.31. The van der Waals surface area contributed by atoms with Gasteiger partial charge < -0.3 is 5.32 Å². The number of carbonyl (C=O) groups excluding carboxylic acids is 2. The summed E-state index contributed by atoms with van der Waals surface area (Å²) in [6, 6.07) is 8.92. The van der Waals surface area contributed by atoms with Gasteiger partial charge in [0.1, 0.15) is 0 Å². The quantitative estimate of drug-likeness (QED) is 0.842. The van der Waals surface area contributed by atoms with Crippen LogP contribution in [0.5, 0.6) is 0 Å². The highest BCUT2D eigenvalue weighted by Gasteiger charge is 2.41. The van der Waals surface area contributed by atoms with Crippen molar-refractivity contribution in [3.05, 3.63) is 30.3 Å². The average Bonchev–Trinajstić information content (AvgIpc) is 2.65. The van der Waals surface area contributed by atoms with E-state index in [1.165, 1.54) is 4.90 Å². The molecule has 1 aliphatic carbocycles. The second-order valence-corrected chi connectivity index (χ2v) is 5.31. The Balaban J connectivity index is 1.90. The van der Waals surface area contributed by atoms with Crippen LogP contribution in [0.3, 0.4) is 0 Å². The Hall–Kier alpha value is -1.84. The summed E-state index contributed by atoms with van der Waals surface area (Å²) in [4.78, 5) is 26.1. The molecule has 0 aromatic heterocycles. The maximum absolute atomic E-state index is 12.6. The van der Waals surface area contributed by atoms with Gasteiger partial charge in [-0.3, -0.25) is 4.79 Å². The van der Waals surface area contributed by atoms with Gasteiger partial charge in [-0.05, 0) is 25.0 Å². The number of imide groups is 1. The number of carbonyl (C=O) groups is 2. The number of hydrogen-bond acceptors (Lipinski definition) is 2. The third-order valence-electron chi connectivity index (χ3n) is 4.08. The minimum absolute atomic E-state index is 0.0301. The Morgan fingerprint density at radius 2 is 1.74 bits per heavy atom. The van der Waals surface area contributed by atoms with E-state index in [2.05, 4.69) is 5.32 Å². The van der Waals surface area contributed by atoms with Gasteiger partial charge in [0, 0.05) is 6.04 Å². The molecule has 1 aromatic rings. The first-order valence-electron chi connectivity index (χ1n) is 6.97. The largest absolute Gasteiger partial charge is 0.334 e. The molecule has 3 amide bonds. The molecule has 1 saturated carbocycles. The van der Waals surface area contributed by atoms with Crippen molar-refractivity contribution in [2.45, 2.75) is 38.1 Å². The molecule has 2 unspecified atom stereocenters. The lowest BCUT2D eigenvalue weighted by Gasteiger charge is -2.36. The molecule has 1 aromatic carbocycles. The number of rotatable bonds is 1. The van der Waals surface area contributed by atoms with Crippen LogP contribution in [0.1, 0.15) is 32.1 Å². The van der Waals surface area contributed by atoms with Crippen LogP contribution in [-0.4, -0.2) is 18.0 Å². The van der Waals surface area contributed by atoms with Crippen molar-refractivity contribution >= 4 is 17.6 Å². The normalized spacial score (nSPS) is 27.5. The van der Waals surface area contributed by atoms with Gasteiger partial charge in [0.2, 0.25) is 5.91 Å². The third-order valence-corrected chi connectivity index (χ3v) is 4.08. The minimum Gasteiger partial charge on any atom is -0.334 e. The molecule has 2 aliphatic rings. The highest BCUT2D eigenvalue weighted by molar-refractivity contribution is 6.17. The Kier molecular flexibility index (Phi) is 3.23. The van der Waals surface area contributed by atoms with E-state index in [-0.39, 0.29) is 23.9 Å². The molecular formula is C15H18N2O2. The Morgan fingerprint density at radius 3 is 2.53 bits per heavy atom. The molecule has 1 aliphatic heterocycles. The Labute approximate surface area is 112 Å². The van der Waals surface area contributed by atoms with Crippen LogP contribution in [0.4, 0.5) is 10.5 Å². The van der Waals surface area contributed by atoms with Gasteiger partial charge in [-0.15, -0.1) is 0 Å². The molecule has 100 valence electrons. The monoisotopic (exact) mass is 258 g/mol. The lowest BCUT2D eigenvalue weighted by molar-refractivity contribution is -0.123. The molecular weight excluding hydrogens is 240 g/mol. The highest BCUT2D eigenvalue weighted by Crippen LogP contribution is 2.30. The maximum Gasteiger partial charge on any atom is 0.328 e. The van der Waals surface area contributed by atoms with E-state index in [0.29, 0.717) is 5.69 Å². The molecule has 0 bridgehead atoms. The summed E-state index contributed by atoms with van der Waals surface area (Å²) < 4.78 is 0. The summed E-state index contributed by atoms with van der Waals surface area (Å²) in [6.45, 7) is 0. The standard InChI is InChI=1S/C15H18N2O2/c18-14-12-9-5-2-6-10-13(12)16-15(19)17(14)11-7-3-1-4-8-11/h1,3-4,7-8,12-13H,2,5-6,9-10H2,(H,16,19). The van der Waals surface area contributed by atoms with Crippen LogP contribution in [0, 0.1) is 5.92 Å². The number of hydrogen-bond donors (Lipinski definition) is 1. The maximum atomic E-state index is 12.6. The second kappa shape index (κ2) is 5.03. The van der Waals surface area contributed by atoms with Gasteiger partial charge in [0.05, 0.1) is 11.6 Å². The van der Waals surface area contributed by atoms with Crippen molar-refractivity contribution < 1.29 is 9.59 Å². The number of fused-ring (bicyclic) bond motifs is 1. The summed E-state index contributed by atoms with van der Waals surface area (Å²) in [5, 5.41) is 3.00. The molecule has 4 nitrogen and oxygen atoms in total. The molecule has 19 heavy (non-hydrogen) atoms. The van der Waals surface area contributed by atoms with Gasteiger partial charge in [-0.2, -0.15) is 0 Å². The van der Waals surface area contributed by atoms with Gasteiger partial charge in [-0.25, -0.2) is 9.69 Å². The van der Waals surface area contributed by atoms with E-state index >= 15 is 0 Å². The molecule has 2 atom stereocenters. The van der Waals surface area contributed by atoms with Crippen LogP contribution < -0.4 is 10.2 Å². The van der Waals surface area contributed by atoms with Gasteiger partial charge in [-0.1, -0.05) is 37.5 Å². The molecule has 3 rings (SSSR count). The smallest absolute Gasteiger partial charge is 0.328 e. The molecule has 4 heteroatoms. The number of urea groups is 1. The topological polar surface area (TPSA) is 49.4 Å². The minimum atomic E-state index is -0.278. The molecule has 2 fully saturated rings. The first-order valence-corrected chi connectivity index (χ1v) is 6.97. The van der Waals surface area contributed by atoms with Crippen molar-refractivity contribution in [3.63, 3.8) is 0 Å². The van der Waals surface area contributed by atoms with E-state index in [1.807, 2.05) is 18.2 Å². The van der Waals surface area contributed by atoms with Crippen LogP contribution in [0.25, 0.3) is 0 Å². The fourth-order valence-corrected chi connectivity index (χ4v) is 3.09. The number of benzene rings is 1. The van der Waals surface area contributed by atoms with E-state index in [4.69, 9.17) is 0 Å².